The second kappa shape index (κ2) is 26.0. The number of hydrogen-bond donors (Lipinski definition) is 0. The maximum absolute atomic E-state index is 2.68. The van der Waals surface area contributed by atoms with Crippen LogP contribution in [0.2, 0.25) is 0 Å². The molecule has 2 heteroatoms. The van der Waals surface area contributed by atoms with Crippen LogP contribution in [0.25, 0.3) is 0 Å². The molecule has 0 N–H and O–H groups in total. The van der Waals surface area contributed by atoms with Crippen molar-refractivity contribution >= 4 is 0 Å². The Balaban J connectivity index is 2.04. The van der Waals surface area contributed by atoms with Crippen LogP contribution in [0, 0.1) is 0 Å². The van der Waals surface area contributed by atoms with Crippen LogP contribution in [0.15, 0.2) is 12.4 Å². The van der Waals surface area contributed by atoms with Crippen LogP contribution >= 0.6 is 0 Å². The fourth-order valence-corrected chi connectivity index (χ4v) is 5.83. The Morgan fingerprint density at radius 3 is 1.03 bits per heavy atom. The molecule has 0 saturated heterocycles. The van der Waals surface area contributed by atoms with Crippen molar-refractivity contribution in [1.29, 1.82) is 0 Å². The van der Waals surface area contributed by atoms with E-state index >= 15 is 0 Å². The summed E-state index contributed by atoms with van der Waals surface area (Å²) in [5.41, 5.74) is 0. The topological polar surface area (TPSA) is 6.48 Å². The molecule has 0 aromatic carbocycles. The smallest absolute Gasteiger partial charge is 0.101 e. The third kappa shape index (κ3) is 18.6. The molecule has 0 saturated carbocycles. The van der Waals surface area contributed by atoms with Crippen molar-refractivity contribution in [2.45, 2.75) is 194 Å². The summed E-state index contributed by atoms with van der Waals surface area (Å²) >= 11 is 0. The van der Waals surface area contributed by atoms with Crippen molar-refractivity contribution < 1.29 is 0 Å². The summed E-state index contributed by atoms with van der Waals surface area (Å²) < 4.78 is 0. The molecule has 0 radical (unpaired) electrons. The zero-order valence-corrected chi connectivity index (χ0v) is 25.4. The van der Waals surface area contributed by atoms with Gasteiger partial charge >= 0.3 is 0 Å². The fourth-order valence-electron chi connectivity index (χ4n) is 5.83. The van der Waals surface area contributed by atoms with Gasteiger partial charge in [0.15, 0.2) is 0 Å². The van der Waals surface area contributed by atoms with E-state index in [2.05, 4.69) is 43.0 Å². The van der Waals surface area contributed by atoms with Gasteiger partial charge in [0, 0.05) is 25.5 Å². The SMILES string of the molecule is CCCCCCCCCCCCCCCCCCN1C=CN(CCCCC)C1CCCCCCCC. The van der Waals surface area contributed by atoms with Crippen molar-refractivity contribution in [2.24, 2.45) is 0 Å². The van der Waals surface area contributed by atoms with Gasteiger partial charge in [-0.05, 0) is 25.7 Å². The molecule has 0 aromatic heterocycles. The average molecular weight is 505 g/mol. The molecule has 0 spiro atoms. The first-order valence-corrected chi connectivity index (χ1v) is 17.0. The lowest BCUT2D eigenvalue weighted by atomic mass is 10.0. The van der Waals surface area contributed by atoms with E-state index in [4.69, 9.17) is 0 Å². The van der Waals surface area contributed by atoms with Crippen molar-refractivity contribution in [1.82, 2.24) is 9.80 Å². The van der Waals surface area contributed by atoms with Gasteiger partial charge in [0.25, 0.3) is 0 Å². The zero-order valence-electron chi connectivity index (χ0n) is 25.4. The molecule has 1 rings (SSSR count). The van der Waals surface area contributed by atoms with Gasteiger partial charge in [-0.15, -0.1) is 0 Å². The van der Waals surface area contributed by atoms with Gasteiger partial charge in [0.1, 0.15) is 6.17 Å². The molecular formula is C34H68N2. The lowest BCUT2D eigenvalue weighted by molar-refractivity contribution is 0.135. The molecule has 0 aliphatic carbocycles. The van der Waals surface area contributed by atoms with E-state index in [-0.39, 0.29) is 0 Å². The van der Waals surface area contributed by atoms with Crippen LogP contribution in [-0.4, -0.2) is 29.1 Å². The van der Waals surface area contributed by atoms with E-state index < -0.39 is 0 Å². The lowest BCUT2D eigenvalue weighted by Crippen LogP contribution is -2.39. The number of rotatable bonds is 28. The van der Waals surface area contributed by atoms with Crippen LogP contribution in [0.4, 0.5) is 0 Å². The van der Waals surface area contributed by atoms with Crippen molar-refractivity contribution in [3.8, 4) is 0 Å². The Bertz CT molecular complexity index is 460. The maximum atomic E-state index is 2.68. The molecule has 0 bridgehead atoms. The minimum atomic E-state index is 0.643. The molecule has 0 aromatic rings. The van der Waals surface area contributed by atoms with Crippen LogP contribution in [-0.2, 0) is 0 Å². The quantitative estimate of drug-likeness (QED) is 0.0977. The average Bonchev–Trinajstić information content (AvgIpc) is 3.27. The second-order valence-corrected chi connectivity index (χ2v) is 11.8. The molecule has 1 heterocycles. The first-order valence-electron chi connectivity index (χ1n) is 17.0. The molecule has 1 unspecified atom stereocenters. The summed E-state index contributed by atoms with van der Waals surface area (Å²) in [5, 5.41) is 0. The first-order chi connectivity index (χ1) is 17.8. The molecule has 1 aliphatic heterocycles. The maximum Gasteiger partial charge on any atom is 0.101 e. The van der Waals surface area contributed by atoms with Crippen LogP contribution < -0.4 is 0 Å². The van der Waals surface area contributed by atoms with Crippen LogP contribution in [0.5, 0.6) is 0 Å². The van der Waals surface area contributed by atoms with E-state index in [1.165, 1.54) is 180 Å². The highest BCUT2D eigenvalue weighted by atomic mass is 15.4. The predicted molar refractivity (Wildman–Crippen MR) is 163 cm³/mol. The summed E-state index contributed by atoms with van der Waals surface area (Å²) in [4.78, 5) is 5.34. The summed E-state index contributed by atoms with van der Waals surface area (Å²) in [5.74, 6) is 0. The number of nitrogens with zero attached hydrogens (tertiary/aromatic N) is 2. The lowest BCUT2D eigenvalue weighted by Gasteiger charge is -2.33. The van der Waals surface area contributed by atoms with E-state index in [0.717, 1.165) is 0 Å². The van der Waals surface area contributed by atoms with E-state index in [1.807, 2.05) is 0 Å². The van der Waals surface area contributed by atoms with Gasteiger partial charge in [-0.25, -0.2) is 0 Å². The molecule has 1 aliphatic rings. The monoisotopic (exact) mass is 505 g/mol. The summed E-state index contributed by atoms with van der Waals surface area (Å²) in [7, 11) is 0. The standard InChI is InChI=1S/C34H68N2/c1-4-7-10-12-14-15-16-17-18-19-20-21-22-23-25-28-31-36-33-32-35(30-27-9-6-3)34(36)29-26-24-13-11-8-5-2/h32-34H,4-31H2,1-3H3. The van der Waals surface area contributed by atoms with Gasteiger partial charge in [-0.2, -0.15) is 0 Å². The highest BCUT2D eigenvalue weighted by Crippen LogP contribution is 2.23. The Kier molecular flexibility index (Phi) is 24.1. The Morgan fingerprint density at radius 1 is 0.361 bits per heavy atom. The molecule has 214 valence electrons. The molecule has 2 nitrogen and oxygen atoms in total. The molecule has 0 amide bonds. The zero-order chi connectivity index (χ0) is 25.9. The third-order valence-corrected chi connectivity index (χ3v) is 8.32. The Labute approximate surface area is 229 Å². The van der Waals surface area contributed by atoms with Gasteiger partial charge < -0.3 is 9.80 Å². The van der Waals surface area contributed by atoms with E-state index in [0.29, 0.717) is 6.17 Å². The van der Waals surface area contributed by atoms with Crippen molar-refractivity contribution in [3.05, 3.63) is 12.4 Å². The number of hydrogen-bond acceptors (Lipinski definition) is 2. The highest BCUT2D eigenvalue weighted by Gasteiger charge is 2.24. The third-order valence-electron chi connectivity index (χ3n) is 8.32. The minimum absolute atomic E-state index is 0.643. The molecule has 36 heavy (non-hydrogen) atoms. The van der Waals surface area contributed by atoms with Gasteiger partial charge in [-0.3, -0.25) is 0 Å². The Morgan fingerprint density at radius 2 is 0.639 bits per heavy atom. The fraction of sp³-hybridized carbons (Fsp3) is 0.941. The van der Waals surface area contributed by atoms with Crippen molar-refractivity contribution in [2.75, 3.05) is 13.1 Å². The molecule has 1 atom stereocenters. The largest absolute Gasteiger partial charge is 0.356 e. The predicted octanol–water partition coefficient (Wildman–Crippen LogP) is 11.6. The summed E-state index contributed by atoms with van der Waals surface area (Å²) in [6, 6.07) is 0. The van der Waals surface area contributed by atoms with Gasteiger partial charge in [0.2, 0.25) is 0 Å². The van der Waals surface area contributed by atoms with E-state index in [1.54, 1.807) is 0 Å². The normalized spacial score (nSPS) is 15.5. The van der Waals surface area contributed by atoms with Crippen molar-refractivity contribution in [3.63, 3.8) is 0 Å². The molecular weight excluding hydrogens is 436 g/mol. The van der Waals surface area contributed by atoms with E-state index in [9.17, 15) is 0 Å². The van der Waals surface area contributed by atoms with Gasteiger partial charge in [-0.1, -0.05) is 162 Å². The van der Waals surface area contributed by atoms with Crippen LogP contribution in [0.3, 0.4) is 0 Å². The van der Waals surface area contributed by atoms with Crippen LogP contribution in [0.1, 0.15) is 188 Å². The number of unbranched alkanes of at least 4 members (excludes halogenated alkanes) is 22. The summed E-state index contributed by atoms with van der Waals surface area (Å²) in [6.45, 7) is 9.45. The minimum Gasteiger partial charge on any atom is -0.356 e. The second-order valence-electron chi connectivity index (χ2n) is 11.8. The first kappa shape index (κ1) is 33.4. The molecule has 0 fully saturated rings. The Hall–Kier alpha value is -0.660. The summed E-state index contributed by atoms with van der Waals surface area (Å²) in [6.07, 6.45) is 42.5. The van der Waals surface area contributed by atoms with Gasteiger partial charge in [0.05, 0.1) is 0 Å². The highest BCUT2D eigenvalue weighted by molar-refractivity contribution is 4.97.